The maximum Gasteiger partial charge on any atom is 0.236 e. The van der Waals surface area contributed by atoms with Crippen molar-refractivity contribution in [1.82, 2.24) is 4.98 Å². The van der Waals surface area contributed by atoms with Crippen molar-refractivity contribution in [2.75, 3.05) is 18.5 Å². The maximum absolute atomic E-state index is 5.97. The molecule has 0 saturated heterocycles. The number of nitrogens with zero attached hydrogens (tertiary/aromatic N) is 2. The van der Waals surface area contributed by atoms with Gasteiger partial charge in [-0.25, -0.2) is 9.98 Å². The number of nitrogens with one attached hydrogen (secondary N) is 1. The first-order valence-electron chi connectivity index (χ1n) is 8.23. The highest BCUT2D eigenvalue weighted by Gasteiger charge is 2.11. The number of guanidine groups is 1. The summed E-state index contributed by atoms with van der Waals surface area (Å²) in [7, 11) is 0. The van der Waals surface area contributed by atoms with Crippen LogP contribution in [0.15, 0.2) is 51.4 Å². The predicted molar refractivity (Wildman–Crippen MR) is 116 cm³/mol. The van der Waals surface area contributed by atoms with Gasteiger partial charge in [0, 0.05) is 18.2 Å². The SMILES string of the molecule is I.NC(=NCc1coc(-c2cccs2)n1)Nc1ccc2c(c1)OCCCO2. The smallest absolute Gasteiger partial charge is 0.236 e. The van der Waals surface area contributed by atoms with Crippen molar-refractivity contribution in [1.29, 1.82) is 0 Å². The molecule has 1 aliphatic heterocycles. The summed E-state index contributed by atoms with van der Waals surface area (Å²) < 4.78 is 16.8. The van der Waals surface area contributed by atoms with E-state index in [0.29, 0.717) is 37.4 Å². The van der Waals surface area contributed by atoms with Gasteiger partial charge < -0.3 is 24.9 Å². The number of oxazole rings is 1. The van der Waals surface area contributed by atoms with Gasteiger partial charge >= 0.3 is 0 Å². The molecular formula is C18H19IN4O3S. The number of aliphatic imine (C=N–C) groups is 1. The van der Waals surface area contributed by atoms with Crippen LogP contribution in [-0.2, 0) is 6.54 Å². The summed E-state index contributed by atoms with van der Waals surface area (Å²) in [6.07, 6.45) is 2.46. The Kier molecular flexibility index (Phi) is 6.56. The van der Waals surface area contributed by atoms with Crippen LogP contribution >= 0.6 is 35.3 Å². The van der Waals surface area contributed by atoms with Crippen LogP contribution in [0.1, 0.15) is 12.1 Å². The molecule has 0 fully saturated rings. The van der Waals surface area contributed by atoms with E-state index in [1.165, 1.54) is 0 Å². The lowest BCUT2D eigenvalue weighted by atomic mass is 10.3. The second-order valence-corrected chi connectivity index (χ2v) is 6.61. The number of ether oxygens (including phenoxy) is 2. The number of rotatable bonds is 4. The Morgan fingerprint density at radius 1 is 1.22 bits per heavy atom. The van der Waals surface area contributed by atoms with Gasteiger partial charge in [0.15, 0.2) is 17.5 Å². The van der Waals surface area contributed by atoms with Crippen LogP contribution in [0.3, 0.4) is 0 Å². The number of thiophene rings is 1. The molecule has 142 valence electrons. The Labute approximate surface area is 177 Å². The molecule has 0 amide bonds. The van der Waals surface area contributed by atoms with E-state index in [0.717, 1.165) is 28.4 Å². The first-order valence-corrected chi connectivity index (χ1v) is 9.11. The van der Waals surface area contributed by atoms with Crippen molar-refractivity contribution in [2.45, 2.75) is 13.0 Å². The minimum Gasteiger partial charge on any atom is -0.490 e. The second kappa shape index (κ2) is 9.09. The molecule has 0 saturated carbocycles. The quantitative estimate of drug-likeness (QED) is 0.320. The van der Waals surface area contributed by atoms with Crippen LogP contribution < -0.4 is 20.5 Å². The summed E-state index contributed by atoms with van der Waals surface area (Å²) in [6.45, 7) is 1.63. The van der Waals surface area contributed by atoms with E-state index in [-0.39, 0.29) is 24.0 Å². The summed E-state index contributed by atoms with van der Waals surface area (Å²) in [5, 5.41) is 5.03. The third kappa shape index (κ3) is 4.92. The Morgan fingerprint density at radius 2 is 2.07 bits per heavy atom. The van der Waals surface area contributed by atoms with E-state index in [9.17, 15) is 0 Å². The lowest BCUT2D eigenvalue weighted by Gasteiger charge is -2.10. The van der Waals surface area contributed by atoms with Gasteiger partial charge in [0.25, 0.3) is 0 Å². The molecule has 3 heterocycles. The molecule has 4 rings (SSSR count). The number of hydrogen-bond acceptors (Lipinski definition) is 6. The van der Waals surface area contributed by atoms with Gasteiger partial charge in [0.1, 0.15) is 12.0 Å². The average Bonchev–Trinajstić information content (AvgIpc) is 3.28. The van der Waals surface area contributed by atoms with E-state index in [4.69, 9.17) is 19.6 Å². The molecule has 1 aromatic carbocycles. The van der Waals surface area contributed by atoms with Crippen molar-refractivity contribution in [2.24, 2.45) is 10.7 Å². The fourth-order valence-corrected chi connectivity index (χ4v) is 3.14. The Morgan fingerprint density at radius 3 is 2.89 bits per heavy atom. The first kappa shape index (κ1) is 19.5. The molecule has 0 aliphatic carbocycles. The zero-order valence-corrected chi connectivity index (χ0v) is 17.5. The summed E-state index contributed by atoms with van der Waals surface area (Å²) in [5.41, 5.74) is 7.48. The van der Waals surface area contributed by atoms with Crippen molar-refractivity contribution in [3.05, 3.63) is 47.7 Å². The minimum absolute atomic E-state index is 0. The molecule has 0 atom stereocenters. The summed E-state index contributed by atoms with van der Waals surface area (Å²) in [5.74, 6) is 2.34. The van der Waals surface area contributed by atoms with Gasteiger partial charge in [0.05, 0.1) is 24.6 Å². The zero-order chi connectivity index (χ0) is 17.8. The number of nitrogens with two attached hydrogens (primary N) is 1. The van der Waals surface area contributed by atoms with E-state index in [1.807, 2.05) is 35.7 Å². The molecule has 7 nitrogen and oxygen atoms in total. The molecule has 1 aliphatic rings. The summed E-state index contributed by atoms with van der Waals surface area (Å²) in [4.78, 5) is 9.71. The Balaban J connectivity index is 0.00000210. The van der Waals surface area contributed by atoms with E-state index < -0.39 is 0 Å². The van der Waals surface area contributed by atoms with E-state index in [1.54, 1.807) is 17.6 Å². The highest BCUT2D eigenvalue weighted by atomic mass is 127. The number of fused-ring (bicyclic) bond motifs is 1. The van der Waals surface area contributed by atoms with Crippen molar-refractivity contribution in [3.63, 3.8) is 0 Å². The van der Waals surface area contributed by atoms with Gasteiger partial charge in [-0.2, -0.15) is 0 Å². The minimum atomic E-state index is 0. The van der Waals surface area contributed by atoms with Crippen molar-refractivity contribution < 1.29 is 13.9 Å². The highest BCUT2D eigenvalue weighted by Crippen LogP contribution is 2.32. The number of anilines is 1. The van der Waals surface area contributed by atoms with Crippen LogP contribution in [0.4, 0.5) is 5.69 Å². The van der Waals surface area contributed by atoms with Gasteiger partial charge in [-0.3, -0.25) is 0 Å². The largest absolute Gasteiger partial charge is 0.490 e. The Bertz CT molecular complexity index is 911. The molecule has 3 aromatic rings. The fraction of sp³-hybridized carbons (Fsp3) is 0.222. The van der Waals surface area contributed by atoms with E-state index >= 15 is 0 Å². The summed E-state index contributed by atoms with van der Waals surface area (Å²) in [6, 6.07) is 9.51. The first-order chi connectivity index (χ1) is 12.8. The Hall–Kier alpha value is -2.27. The second-order valence-electron chi connectivity index (χ2n) is 5.66. The van der Waals surface area contributed by atoms with Crippen LogP contribution in [0.5, 0.6) is 11.5 Å². The molecule has 3 N–H and O–H groups in total. The average molecular weight is 498 g/mol. The number of hydrogen-bond donors (Lipinski definition) is 2. The number of benzene rings is 1. The molecule has 0 bridgehead atoms. The lowest BCUT2D eigenvalue weighted by molar-refractivity contribution is 0.297. The number of halogens is 1. The van der Waals surface area contributed by atoms with Gasteiger partial charge in [-0.15, -0.1) is 35.3 Å². The molecule has 2 aromatic heterocycles. The van der Waals surface area contributed by atoms with Crippen LogP contribution in [0.25, 0.3) is 10.8 Å². The molecule has 27 heavy (non-hydrogen) atoms. The molecule has 0 unspecified atom stereocenters. The van der Waals surface area contributed by atoms with Gasteiger partial charge in [0.2, 0.25) is 5.89 Å². The third-order valence-corrected chi connectivity index (χ3v) is 4.57. The molecule has 0 spiro atoms. The van der Waals surface area contributed by atoms with Crippen molar-refractivity contribution >= 4 is 47.0 Å². The van der Waals surface area contributed by atoms with E-state index in [2.05, 4.69) is 15.3 Å². The standard InChI is InChI=1S/C18H18N4O3S.HI/c19-18(20-10-13-11-25-17(21-13)16-3-1-8-26-16)22-12-4-5-14-15(9-12)24-7-2-6-23-14;/h1,3-5,8-9,11H,2,6-7,10H2,(H3,19,20,22);1H. The topological polar surface area (TPSA) is 94.9 Å². The maximum atomic E-state index is 5.97. The van der Waals surface area contributed by atoms with Gasteiger partial charge in [-0.05, 0) is 23.6 Å². The summed E-state index contributed by atoms with van der Waals surface area (Å²) >= 11 is 1.58. The van der Waals surface area contributed by atoms with Crippen molar-refractivity contribution in [3.8, 4) is 22.3 Å². The monoisotopic (exact) mass is 498 g/mol. The normalized spacial score (nSPS) is 13.6. The third-order valence-electron chi connectivity index (χ3n) is 3.72. The van der Waals surface area contributed by atoms with Crippen LogP contribution in [-0.4, -0.2) is 24.2 Å². The zero-order valence-electron chi connectivity index (χ0n) is 14.4. The molecular weight excluding hydrogens is 479 g/mol. The fourth-order valence-electron chi connectivity index (χ4n) is 2.49. The van der Waals surface area contributed by atoms with Crippen LogP contribution in [0, 0.1) is 0 Å². The molecule has 9 heteroatoms. The predicted octanol–water partition coefficient (Wildman–Crippen LogP) is 4.11. The highest BCUT2D eigenvalue weighted by molar-refractivity contribution is 14.0. The van der Waals surface area contributed by atoms with Crippen LogP contribution in [0.2, 0.25) is 0 Å². The number of aromatic nitrogens is 1. The lowest BCUT2D eigenvalue weighted by Crippen LogP contribution is -2.22. The van der Waals surface area contributed by atoms with Gasteiger partial charge in [-0.1, -0.05) is 6.07 Å². The molecule has 0 radical (unpaired) electrons.